The van der Waals surface area contributed by atoms with Gasteiger partial charge in [-0.25, -0.2) is 0 Å². The first-order chi connectivity index (χ1) is 10.1. The van der Waals surface area contributed by atoms with Crippen LogP contribution < -0.4 is 15.2 Å². The first kappa shape index (κ1) is 15.7. The number of aryl methyl sites for hydroxylation is 2. The number of halogens is 1. The molecule has 0 atom stereocenters. The van der Waals surface area contributed by atoms with E-state index in [4.69, 9.17) is 26.8 Å². The van der Waals surface area contributed by atoms with E-state index >= 15 is 0 Å². The summed E-state index contributed by atoms with van der Waals surface area (Å²) in [7, 11) is 1.61. The highest BCUT2D eigenvalue weighted by atomic mass is 35.5. The first-order valence-corrected chi connectivity index (χ1v) is 7.20. The third-order valence-corrected chi connectivity index (χ3v) is 3.77. The molecular weight excluding hydrogens is 290 g/mol. The smallest absolute Gasteiger partial charge is 0.162 e. The van der Waals surface area contributed by atoms with Crippen LogP contribution in [0.25, 0.3) is 0 Å². The van der Waals surface area contributed by atoms with E-state index in [0.29, 0.717) is 29.7 Å². The molecular formula is C15H20ClN3O2. The summed E-state index contributed by atoms with van der Waals surface area (Å²) < 4.78 is 13.0. The van der Waals surface area contributed by atoms with E-state index in [2.05, 4.69) is 5.10 Å². The normalized spacial score (nSPS) is 10.7. The molecule has 0 aliphatic carbocycles. The molecule has 21 heavy (non-hydrogen) atoms. The zero-order chi connectivity index (χ0) is 15.4. The third kappa shape index (κ3) is 3.31. The van der Waals surface area contributed by atoms with Gasteiger partial charge in [-0.05, 0) is 31.5 Å². The zero-order valence-electron chi connectivity index (χ0n) is 12.5. The fraction of sp³-hybridized carbons (Fsp3) is 0.400. The first-order valence-electron chi connectivity index (χ1n) is 6.82. The Morgan fingerprint density at radius 3 is 2.71 bits per heavy atom. The summed E-state index contributed by atoms with van der Waals surface area (Å²) in [5, 5.41) is 5.01. The van der Waals surface area contributed by atoms with Crippen molar-refractivity contribution in [3.63, 3.8) is 0 Å². The molecule has 0 aliphatic heterocycles. The molecule has 0 radical (unpaired) electrons. The maximum absolute atomic E-state index is 6.28. The molecule has 1 aromatic carbocycles. The molecule has 1 aromatic heterocycles. The second-order valence-electron chi connectivity index (χ2n) is 4.64. The lowest BCUT2D eigenvalue weighted by atomic mass is 10.2. The van der Waals surface area contributed by atoms with Crippen molar-refractivity contribution in [3.8, 4) is 11.5 Å². The van der Waals surface area contributed by atoms with Gasteiger partial charge in [-0.1, -0.05) is 17.7 Å². The molecule has 0 amide bonds. The Kier molecular flexibility index (Phi) is 5.09. The molecule has 0 aliphatic rings. The number of nitrogens with zero attached hydrogens (tertiary/aromatic N) is 2. The molecule has 0 saturated heterocycles. The van der Waals surface area contributed by atoms with Crippen LogP contribution in [0.15, 0.2) is 18.2 Å². The minimum Gasteiger partial charge on any atom is -0.493 e. The third-order valence-electron chi connectivity index (χ3n) is 3.28. The highest BCUT2D eigenvalue weighted by Crippen LogP contribution is 2.30. The summed E-state index contributed by atoms with van der Waals surface area (Å²) in [5.74, 6) is 1.32. The Labute approximate surface area is 129 Å². The van der Waals surface area contributed by atoms with Crippen LogP contribution in [0.2, 0.25) is 5.02 Å². The summed E-state index contributed by atoms with van der Waals surface area (Å²) >= 11 is 6.28. The van der Waals surface area contributed by atoms with Gasteiger partial charge in [-0.3, -0.25) is 4.68 Å². The summed E-state index contributed by atoms with van der Waals surface area (Å²) in [6, 6.07) is 5.65. The van der Waals surface area contributed by atoms with Crippen LogP contribution in [-0.4, -0.2) is 16.9 Å². The Bertz CT molecular complexity index is 626. The van der Waals surface area contributed by atoms with Crippen LogP contribution in [0.3, 0.4) is 0 Å². The Balaban J connectivity index is 2.23. The minimum atomic E-state index is 0.331. The average Bonchev–Trinajstić information content (AvgIpc) is 2.79. The van der Waals surface area contributed by atoms with Crippen LogP contribution >= 0.6 is 11.6 Å². The number of nitrogens with two attached hydrogens (primary N) is 1. The standard InChI is InChI=1S/C15H20ClN3O2/c1-4-19-12(15(16)10(2)18-19)9-21-14-7-11(8-17)5-6-13(14)20-3/h5-7H,4,8-9,17H2,1-3H3. The van der Waals surface area contributed by atoms with Crippen molar-refractivity contribution in [1.82, 2.24) is 9.78 Å². The highest BCUT2D eigenvalue weighted by Gasteiger charge is 2.14. The van der Waals surface area contributed by atoms with Gasteiger partial charge in [0.05, 0.1) is 23.5 Å². The number of hydrogen-bond donors (Lipinski definition) is 1. The monoisotopic (exact) mass is 309 g/mol. The Morgan fingerprint density at radius 1 is 1.33 bits per heavy atom. The van der Waals surface area contributed by atoms with Crippen LogP contribution in [-0.2, 0) is 19.7 Å². The van der Waals surface area contributed by atoms with Crippen LogP contribution in [0, 0.1) is 6.92 Å². The number of rotatable bonds is 6. The van der Waals surface area contributed by atoms with Gasteiger partial charge in [0.2, 0.25) is 0 Å². The van der Waals surface area contributed by atoms with Crippen molar-refractivity contribution in [2.24, 2.45) is 5.73 Å². The number of methoxy groups -OCH3 is 1. The van der Waals surface area contributed by atoms with Crippen molar-refractivity contribution < 1.29 is 9.47 Å². The van der Waals surface area contributed by atoms with Gasteiger partial charge in [-0.15, -0.1) is 0 Å². The van der Waals surface area contributed by atoms with Gasteiger partial charge in [0, 0.05) is 13.1 Å². The van der Waals surface area contributed by atoms with Crippen molar-refractivity contribution >= 4 is 11.6 Å². The summed E-state index contributed by atoms with van der Waals surface area (Å²) in [4.78, 5) is 0. The van der Waals surface area contributed by atoms with Crippen LogP contribution in [0.5, 0.6) is 11.5 Å². The number of aromatic nitrogens is 2. The molecule has 0 spiro atoms. The molecule has 0 saturated carbocycles. The fourth-order valence-electron chi connectivity index (χ4n) is 2.11. The van der Waals surface area contributed by atoms with E-state index in [9.17, 15) is 0 Å². The molecule has 2 aromatic rings. The van der Waals surface area contributed by atoms with Gasteiger partial charge in [0.15, 0.2) is 11.5 Å². The lowest BCUT2D eigenvalue weighted by Gasteiger charge is -2.13. The minimum absolute atomic E-state index is 0.331. The van der Waals surface area contributed by atoms with E-state index in [1.165, 1.54) is 0 Å². The summed E-state index contributed by atoms with van der Waals surface area (Å²) in [6.45, 7) is 5.42. The Hall–Kier alpha value is -1.72. The van der Waals surface area contributed by atoms with Crippen molar-refractivity contribution in [1.29, 1.82) is 0 Å². The Morgan fingerprint density at radius 2 is 2.10 bits per heavy atom. The average molecular weight is 310 g/mol. The number of ether oxygens (including phenoxy) is 2. The lowest BCUT2D eigenvalue weighted by Crippen LogP contribution is -2.07. The van der Waals surface area contributed by atoms with E-state index in [1.54, 1.807) is 7.11 Å². The summed E-state index contributed by atoms with van der Waals surface area (Å²) in [5.41, 5.74) is 8.31. The highest BCUT2D eigenvalue weighted by molar-refractivity contribution is 6.31. The van der Waals surface area contributed by atoms with Gasteiger partial charge >= 0.3 is 0 Å². The predicted molar refractivity (Wildman–Crippen MR) is 82.9 cm³/mol. The van der Waals surface area contributed by atoms with Gasteiger partial charge < -0.3 is 15.2 Å². The quantitative estimate of drug-likeness (QED) is 0.891. The second-order valence-corrected chi connectivity index (χ2v) is 5.02. The molecule has 114 valence electrons. The van der Waals surface area contributed by atoms with Gasteiger partial charge in [-0.2, -0.15) is 5.10 Å². The molecule has 0 fully saturated rings. The molecule has 5 nitrogen and oxygen atoms in total. The summed E-state index contributed by atoms with van der Waals surface area (Å²) in [6.07, 6.45) is 0. The topological polar surface area (TPSA) is 62.3 Å². The zero-order valence-corrected chi connectivity index (χ0v) is 13.3. The number of hydrogen-bond acceptors (Lipinski definition) is 4. The molecule has 0 bridgehead atoms. The van der Waals surface area contributed by atoms with Crippen LogP contribution in [0.4, 0.5) is 0 Å². The maximum atomic E-state index is 6.28. The van der Waals surface area contributed by atoms with Crippen molar-refractivity contribution in [2.45, 2.75) is 33.5 Å². The van der Waals surface area contributed by atoms with Gasteiger partial charge in [0.1, 0.15) is 6.61 Å². The fourth-order valence-corrected chi connectivity index (χ4v) is 2.30. The van der Waals surface area contributed by atoms with E-state index in [1.807, 2.05) is 36.7 Å². The maximum Gasteiger partial charge on any atom is 0.162 e. The van der Waals surface area contributed by atoms with E-state index in [-0.39, 0.29) is 0 Å². The SMILES string of the molecule is CCn1nc(C)c(Cl)c1COc1cc(CN)ccc1OC. The lowest BCUT2D eigenvalue weighted by molar-refractivity contribution is 0.273. The molecule has 2 N–H and O–H groups in total. The molecule has 6 heteroatoms. The predicted octanol–water partition coefficient (Wildman–Crippen LogP) is 2.91. The largest absolute Gasteiger partial charge is 0.493 e. The van der Waals surface area contributed by atoms with Gasteiger partial charge in [0.25, 0.3) is 0 Å². The molecule has 2 rings (SSSR count). The number of benzene rings is 1. The van der Waals surface area contributed by atoms with Crippen LogP contribution in [0.1, 0.15) is 23.9 Å². The van der Waals surface area contributed by atoms with Crippen molar-refractivity contribution in [3.05, 3.63) is 40.2 Å². The van der Waals surface area contributed by atoms with E-state index in [0.717, 1.165) is 23.5 Å². The van der Waals surface area contributed by atoms with Crippen molar-refractivity contribution in [2.75, 3.05) is 7.11 Å². The molecule has 1 heterocycles. The second kappa shape index (κ2) is 6.83. The molecule has 0 unspecified atom stereocenters. The van der Waals surface area contributed by atoms with E-state index < -0.39 is 0 Å².